The Morgan fingerprint density at radius 3 is 3.00 bits per heavy atom. The van der Waals surface area contributed by atoms with Crippen LogP contribution in [-0.4, -0.2) is 12.1 Å². The number of fused-ring (bicyclic) bond motifs is 2. The summed E-state index contributed by atoms with van der Waals surface area (Å²) < 4.78 is 5.05. The van der Waals surface area contributed by atoms with E-state index in [2.05, 4.69) is 0 Å². The molecule has 9 heavy (non-hydrogen) atoms. The molecule has 2 aliphatic rings. The van der Waals surface area contributed by atoms with E-state index in [9.17, 15) is 4.79 Å². The van der Waals surface area contributed by atoms with Crippen LogP contribution in [-0.2, 0) is 9.53 Å². The molecule has 2 atom stereocenters. The number of carbonyl (C=O) groups is 1. The molecule has 2 nitrogen and oxygen atoms in total. The number of hydrogen-bond donors (Lipinski definition) is 0. The number of esters is 1. The fourth-order valence-electron chi connectivity index (χ4n) is 1.73. The van der Waals surface area contributed by atoms with E-state index < -0.39 is 0 Å². The van der Waals surface area contributed by atoms with Crippen molar-refractivity contribution in [1.29, 1.82) is 0 Å². The Kier molecular flexibility index (Phi) is 1.01. The highest BCUT2D eigenvalue weighted by molar-refractivity contribution is 5.74. The SMILES string of the molecule is O=C1O[C@@H]2CCC[C@@H]1C2. The van der Waals surface area contributed by atoms with Crippen molar-refractivity contribution in [1.82, 2.24) is 0 Å². The molecule has 0 N–H and O–H groups in total. The molecule has 2 fully saturated rings. The molecular formula is C7H10O2. The first-order chi connectivity index (χ1) is 4.36. The zero-order valence-electron chi connectivity index (χ0n) is 5.30. The molecule has 0 unspecified atom stereocenters. The van der Waals surface area contributed by atoms with Gasteiger partial charge in [0.1, 0.15) is 6.10 Å². The molecule has 0 aromatic rings. The van der Waals surface area contributed by atoms with Crippen molar-refractivity contribution in [2.75, 3.05) is 0 Å². The van der Waals surface area contributed by atoms with Crippen LogP contribution in [0, 0.1) is 5.92 Å². The third-order valence-corrected chi connectivity index (χ3v) is 2.24. The minimum absolute atomic E-state index is 0.0532. The van der Waals surface area contributed by atoms with E-state index in [-0.39, 0.29) is 18.0 Å². The Hall–Kier alpha value is -0.530. The van der Waals surface area contributed by atoms with Crippen LogP contribution in [0.3, 0.4) is 0 Å². The van der Waals surface area contributed by atoms with E-state index in [1.54, 1.807) is 0 Å². The van der Waals surface area contributed by atoms with Crippen LogP contribution in [0.25, 0.3) is 0 Å². The predicted molar refractivity (Wildman–Crippen MR) is 31.8 cm³/mol. The van der Waals surface area contributed by atoms with Crippen molar-refractivity contribution in [3.63, 3.8) is 0 Å². The smallest absolute Gasteiger partial charge is 0.309 e. The molecule has 1 saturated heterocycles. The van der Waals surface area contributed by atoms with Crippen molar-refractivity contribution < 1.29 is 9.53 Å². The van der Waals surface area contributed by atoms with Gasteiger partial charge in [0.25, 0.3) is 0 Å². The van der Waals surface area contributed by atoms with E-state index >= 15 is 0 Å². The van der Waals surface area contributed by atoms with E-state index in [0.717, 1.165) is 19.3 Å². The fraction of sp³-hybridized carbons (Fsp3) is 0.857. The molecule has 2 heteroatoms. The van der Waals surface area contributed by atoms with Crippen LogP contribution in [0.2, 0.25) is 0 Å². The summed E-state index contributed by atoms with van der Waals surface area (Å²) in [5, 5.41) is 0. The van der Waals surface area contributed by atoms with Crippen LogP contribution in [0.1, 0.15) is 25.7 Å². The monoisotopic (exact) mass is 126 g/mol. The minimum atomic E-state index is 0.0532. The Labute approximate surface area is 54.2 Å². The van der Waals surface area contributed by atoms with Gasteiger partial charge >= 0.3 is 5.97 Å². The van der Waals surface area contributed by atoms with Crippen molar-refractivity contribution in [3.8, 4) is 0 Å². The van der Waals surface area contributed by atoms with E-state index in [0.29, 0.717) is 0 Å². The predicted octanol–water partition coefficient (Wildman–Crippen LogP) is 1.10. The molecule has 1 aliphatic heterocycles. The summed E-state index contributed by atoms with van der Waals surface area (Å²) >= 11 is 0. The number of rotatable bonds is 0. The molecule has 50 valence electrons. The average Bonchev–Trinajstić information content (AvgIpc) is 2.09. The van der Waals surface area contributed by atoms with Gasteiger partial charge in [-0.15, -0.1) is 0 Å². The average molecular weight is 126 g/mol. The second-order valence-corrected chi connectivity index (χ2v) is 2.92. The molecule has 0 aromatic carbocycles. The van der Waals surface area contributed by atoms with Gasteiger partial charge in [-0.3, -0.25) is 4.79 Å². The summed E-state index contributed by atoms with van der Waals surface area (Å²) in [5.74, 6) is 0.321. The van der Waals surface area contributed by atoms with Gasteiger partial charge in [-0.2, -0.15) is 0 Å². The van der Waals surface area contributed by atoms with Crippen molar-refractivity contribution >= 4 is 5.97 Å². The first-order valence-electron chi connectivity index (χ1n) is 3.57. The first kappa shape index (κ1) is 5.27. The topological polar surface area (TPSA) is 26.3 Å². The highest BCUT2D eigenvalue weighted by Gasteiger charge is 2.37. The molecule has 0 aromatic heterocycles. The number of ether oxygens (including phenoxy) is 1. The number of hydrogen-bond acceptors (Lipinski definition) is 2. The molecule has 1 heterocycles. The Morgan fingerprint density at radius 2 is 2.33 bits per heavy atom. The second-order valence-electron chi connectivity index (χ2n) is 2.92. The third kappa shape index (κ3) is 0.732. The summed E-state index contributed by atoms with van der Waals surface area (Å²) in [4.78, 5) is 10.8. The van der Waals surface area contributed by atoms with Crippen molar-refractivity contribution in [2.24, 2.45) is 5.92 Å². The van der Waals surface area contributed by atoms with Gasteiger partial charge in [0.05, 0.1) is 5.92 Å². The summed E-state index contributed by atoms with van der Waals surface area (Å²) in [5.41, 5.74) is 0. The highest BCUT2D eigenvalue weighted by Crippen LogP contribution is 2.33. The van der Waals surface area contributed by atoms with E-state index in [1.807, 2.05) is 0 Å². The van der Waals surface area contributed by atoms with Crippen LogP contribution >= 0.6 is 0 Å². The molecule has 0 amide bonds. The zero-order valence-corrected chi connectivity index (χ0v) is 5.30. The molecule has 0 radical (unpaired) electrons. The largest absolute Gasteiger partial charge is 0.462 e. The Bertz CT molecular complexity index is 142. The van der Waals surface area contributed by atoms with Gasteiger partial charge in [0.2, 0.25) is 0 Å². The lowest BCUT2D eigenvalue weighted by atomic mass is 9.90. The lowest BCUT2D eigenvalue weighted by Crippen LogP contribution is -2.10. The fourth-order valence-corrected chi connectivity index (χ4v) is 1.73. The molecule has 0 spiro atoms. The Balaban J connectivity index is 2.15. The van der Waals surface area contributed by atoms with E-state index in [4.69, 9.17) is 4.74 Å². The maximum Gasteiger partial charge on any atom is 0.309 e. The van der Waals surface area contributed by atoms with E-state index in [1.165, 1.54) is 6.42 Å². The summed E-state index contributed by atoms with van der Waals surface area (Å²) in [6, 6.07) is 0. The Morgan fingerprint density at radius 1 is 1.44 bits per heavy atom. The van der Waals surface area contributed by atoms with Crippen LogP contribution < -0.4 is 0 Å². The van der Waals surface area contributed by atoms with Gasteiger partial charge < -0.3 is 4.74 Å². The summed E-state index contributed by atoms with van der Waals surface area (Å²) in [6.07, 6.45) is 4.63. The first-order valence-corrected chi connectivity index (χ1v) is 3.57. The maximum atomic E-state index is 10.8. The second kappa shape index (κ2) is 1.72. The maximum absolute atomic E-state index is 10.8. The lowest BCUT2D eigenvalue weighted by Gasteiger charge is -2.12. The molecule has 2 bridgehead atoms. The van der Waals surface area contributed by atoms with Crippen LogP contribution in [0.4, 0.5) is 0 Å². The standard InChI is InChI=1S/C7H10O2/c8-7-5-2-1-3-6(4-5)9-7/h5-6H,1-4H2/t5-,6-/m1/s1. The highest BCUT2D eigenvalue weighted by atomic mass is 16.6. The zero-order chi connectivity index (χ0) is 6.27. The van der Waals surface area contributed by atoms with Crippen LogP contribution in [0.5, 0.6) is 0 Å². The number of carbonyl (C=O) groups excluding carboxylic acids is 1. The lowest BCUT2D eigenvalue weighted by molar-refractivity contribution is -0.143. The normalized spacial score (nSPS) is 40.7. The van der Waals surface area contributed by atoms with Gasteiger partial charge in [-0.25, -0.2) is 0 Å². The quantitative estimate of drug-likeness (QED) is 0.454. The summed E-state index contributed by atoms with van der Waals surface area (Å²) in [6.45, 7) is 0. The van der Waals surface area contributed by atoms with Gasteiger partial charge in [-0.1, -0.05) is 0 Å². The van der Waals surface area contributed by atoms with Crippen molar-refractivity contribution in [2.45, 2.75) is 31.8 Å². The molecular weight excluding hydrogens is 116 g/mol. The van der Waals surface area contributed by atoms with Gasteiger partial charge in [-0.05, 0) is 25.7 Å². The third-order valence-electron chi connectivity index (χ3n) is 2.24. The molecule has 1 saturated carbocycles. The van der Waals surface area contributed by atoms with Crippen LogP contribution in [0.15, 0.2) is 0 Å². The molecule has 2 rings (SSSR count). The summed E-state index contributed by atoms with van der Waals surface area (Å²) in [7, 11) is 0. The van der Waals surface area contributed by atoms with Gasteiger partial charge in [0, 0.05) is 0 Å². The molecule has 1 aliphatic carbocycles. The van der Waals surface area contributed by atoms with Crippen molar-refractivity contribution in [3.05, 3.63) is 0 Å². The minimum Gasteiger partial charge on any atom is -0.462 e. The van der Waals surface area contributed by atoms with Gasteiger partial charge in [0.15, 0.2) is 0 Å².